The molecule has 1 aliphatic carbocycles. The first-order chi connectivity index (χ1) is 13.4. The largest absolute Gasteiger partial charge is 0.461 e. The molecule has 0 unspecified atom stereocenters. The molecule has 0 atom stereocenters. The molecule has 1 saturated carbocycles. The number of rotatable bonds is 7. The van der Waals surface area contributed by atoms with Crippen molar-refractivity contribution in [3.8, 4) is 5.75 Å². The molecule has 0 radical (unpaired) electrons. The predicted octanol–water partition coefficient (Wildman–Crippen LogP) is 2.98. The van der Waals surface area contributed by atoms with Gasteiger partial charge in [0.15, 0.2) is 0 Å². The molecule has 3 amide bonds. The summed E-state index contributed by atoms with van der Waals surface area (Å²) in [6, 6.07) is 5.26. The average molecular weight is 396 g/mol. The Hall–Kier alpha value is -2.71. The Balaban J connectivity index is 1.45. The quantitative estimate of drug-likeness (QED) is 0.566. The number of carbonyl (C=O) groups excluding carboxylic acids is 3. The van der Waals surface area contributed by atoms with Gasteiger partial charge in [-0.05, 0) is 30.5 Å². The van der Waals surface area contributed by atoms with Crippen LogP contribution in [0.1, 0.15) is 44.1 Å². The van der Waals surface area contributed by atoms with Crippen LogP contribution in [0.15, 0.2) is 24.3 Å². The summed E-state index contributed by atoms with van der Waals surface area (Å²) in [5, 5.41) is 2.79. The van der Waals surface area contributed by atoms with Gasteiger partial charge in [-0.3, -0.25) is 14.5 Å². The minimum Gasteiger partial charge on any atom is -0.461 e. The number of carbonyl (C=O) groups is 3. The molecule has 7 nitrogen and oxygen atoms in total. The molecule has 1 heterocycles. The summed E-state index contributed by atoms with van der Waals surface area (Å²) in [5.74, 6) is -0.807. The molecule has 28 heavy (non-hydrogen) atoms. The Morgan fingerprint density at radius 3 is 2.46 bits per heavy atom. The predicted molar refractivity (Wildman–Crippen MR) is 93.5 cm³/mol. The highest BCUT2D eigenvalue weighted by atomic mass is 19.3. The van der Waals surface area contributed by atoms with Crippen molar-refractivity contribution in [3.05, 3.63) is 29.8 Å². The maximum atomic E-state index is 12.6. The van der Waals surface area contributed by atoms with Crippen molar-refractivity contribution in [2.45, 2.75) is 57.3 Å². The van der Waals surface area contributed by atoms with Crippen molar-refractivity contribution in [1.29, 1.82) is 0 Å². The van der Waals surface area contributed by atoms with Gasteiger partial charge < -0.3 is 14.8 Å². The van der Waals surface area contributed by atoms with Crippen LogP contribution in [0.25, 0.3) is 0 Å². The number of nitrogens with one attached hydrogen (secondary N) is 1. The van der Waals surface area contributed by atoms with Gasteiger partial charge >= 0.3 is 18.6 Å². The Kier molecular flexibility index (Phi) is 6.11. The molecule has 1 spiro atoms. The van der Waals surface area contributed by atoms with E-state index < -0.39 is 24.2 Å². The molecule has 152 valence electrons. The molecular formula is C19H22F2N2O5. The summed E-state index contributed by atoms with van der Waals surface area (Å²) in [6.07, 6.45) is 3.98. The lowest BCUT2D eigenvalue weighted by molar-refractivity contribution is -0.145. The number of urea groups is 1. The van der Waals surface area contributed by atoms with Crippen LogP contribution in [-0.2, 0) is 20.9 Å². The second-order valence-corrected chi connectivity index (χ2v) is 6.96. The van der Waals surface area contributed by atoms with Crippen molar-refractivity contribution >= 4 is 17.9 Å². The van der Waals surface area contributed by atoms with Crippen LogP contribution in [0.4, 0.5) is 13.6 Å². The van der Waals surface area contributed by atoms with E-state index in [0.29, 0.717) is 18.4 Å². The van der Waals surface area contributed by atoms with Crippen LogP contribution >= 0.6 is 0 Å². The van der Waals surface area contributed by atoms with E-state index in [1.807, 2.05) is 0 Å². The smallest absolute Gasteiger partial charge is 0.387 e. The number of hydrogen-bond acceptors (Lipinski definition) is 5. The van der Waals surface area contributed by atoms with Gasteiger partial charge in [-0.1, -0.05) is 31.4 Å². The molecular weight excluding hydrogens is 374 g/mol. The van der Waals surface area contributed by atoms with Crippen molar-refractivity contribution in [1.82, 2.24) is 10.2 Å². The number of benzene rings is 1. The number of halogens is 2. The normalized spacial score (nSPS) is 18.5. The monoisotopic (exact) mass is 396 g/mol. The Labute approximate surface area is 161 Å². The molecule has 1 N–H and O–H groups in total. The Morgan fingerprint density at radius 2 is 1.82 bits per heavy atom. The van der Waals surface area contributed by atoms with Gasteiger partial charge in [0.25, 0.3) is 5.91 Å². The van der Waals surface area contributed by atoms with E-state index in [9.17, 15) is 23.2 Å². The van der Waals surface area contributed by atoms with Crippen LogP contribution < -0.4 is 10.1 Å². The van der Waals surface area contributed by atoms with Crippen molar-refractivity contribution in [2.24, 2.45) is 0 Å². The van der Waals surface area contributed by atoms with Gasteiger partial charge in [-0.15, -0.1) is 0 Å². The van der Waals surface area contributed by atoms with Crippen molar-refractivity contribution < 1.29 is 32.6 Å². The summed E-state index contributed by atoms with van der Waals surface area (Å²) >= 11 is 0. The highest BCUT2D eigenvalue weighted by Crippen LogP contribution is 2.33. The minimum absolute atomic E-state index is 0.0141. The molecule has 9 heteroatoms. The number of esters is 1. The third kappa shape index (κ3) is 4.58. The van der Waals surface area contributed by atoms with Crippen LogP contribution in [0, 0.1) is 0 Å². The third-order valence-electron chi connectivity index (χ3n) is 5.04. The van der Waals surface area contributed by atoms with E-state index in [2.05, 4.69) is 10.1 Å². The van der Waals surface area contributed by atoms with Crippen LogP contribution in [0.3, 0.4) is 0 Å². The van der Waals surface area contributed by atoms with Gasteiger partial charge in [-0.2, -0.15) is 8.78 Å². The topological polar surface area (TPSA) is 84.9 Å². The highest BCUT2D eigenvalue weighted by Gasteiger charge is 2.51. The Bertz CT molecular complexity index is 732. The first kappa shape index (κ1) is 20.0. The molecule has 1 aromatic carbocycles. The summed E-state index contributed by atoms with van der Waals surface area (Å²) in [6.45, 7) is -2.98. The van der Waals surface area contributed by atoms with E-state index in [4.69, 9.17) is 4.74 Å². The summed E-state index contributed by atoms with van der Waals surface area (Å²) < 4.78 is 33.6. The molecule has 0 bridgehead atoms. The maximum absolute atomic E-state index is 12.6. The molecule has 1 aromatic rings. The van der Waals surface area contributed by atoms with E-state index in [0.717, 1.165) is 24.2 Å². The van der Waals surface area contributed by atoms with E-state index in [-0.39, 0.29) is 31.2 Å². The van der Waals surface area contributed by atoms with Gasteiger partial charge in [0.05, 0.1) is 6.42 Å². The fourth-order valence-corrected chi connectivity index (χ4v) is 3.58. The summed E-state index contributed by atoms with van der Waals surface area (Å²) in [5.41, 5.74) is -0.201. The van der Waals surface area contributed by atoms with Gasteiger partial charge in [0, 0.05) is 6.54 Å². The first-order valence-corrected chi connectivity index (χ1v) is 9.23. The van der Waals surface area contributed by atoms with Gasteiger partial charge in [0.2, 0.25) is 0 Å². The van der Waals surface area contributed by atoms with E-state index in [1.54, 1.807) is 0 Å². The number of amides is 3. The number of imide groups is 1. The molecule has 2 fully saturated rings. The number of hydrogen-bond donors (Lipinski definition) is 1. The Morgan fingerprint density at radius 1 is 1.14 bits per heavy atom. The highest BCUT2D eigenvalue weighted by molar-refractivity contribution is 6.07. The van der Waals surface area contributed by atoms with Crippen molar-refractivity contribution in [3.63, 3.8) is 0 Å². The third-order valence-corrected chi connectivity index (χ3v) is 5.04. The van der Waals surface area contributed by atoms with Crippen LogP contribution in [-0.4, -0.2) is 41.5 Å². The second kappa shape index (κ2) is 8.53. The number of nitrogens with zero attached hydrogens (tertiary/aromatic N) is 1. The number of alkyl halides is 2. The second-order valence-electron chi connectivity index (χ2n) is 6.96. The fourth-order valence-electron chi connectivity index (χ4n) is 3.58. The number of ether oxygens (including phenoxy) is 2. The lowest BCUT2D eigenvalue weighted by Gasteiger charge is -2.30. The zero-order chi connectivity index (χ0) is 20.1. The first-order valence-electron chi connectivity index (χ1n) is 9.23. The van der Waals surface area contributed by atoms with E-state index in [1.165, 1.54) is 24.3 Å². The SMILES string of the molecule is O=C(CCN1C(=O)NC2(CCCCC2)C1=O)OCc1ccc(OC(F)F)cc1. The summed E-state index contributed by atoms with van der Waals surface area (Å²) in [7, 11) is 0. The average Bonchev–Trinajstić information content (AvgIpc) is 2.89. The lowest BCUT2D eigenvalue weighted by atomic mass is 9.82. The zero-order valence-corrected chi connectivity index (χ0v) is 15.3. The molecule has 1 saturated heterocycles. The van der Waals surface area contributed by atoms with Crippen molar-refractivity contribution in [2.75, 3.05) is 6.54 Å². The maximum Gasteiger partial charge on any atom is 0.387 e. The zero-order valence-electron chi connectivity index (χ0n) is 15.3. The minimum atomic E-state index is -2.90. The van der Waals surface area contributed by atoms with Crippen LogP contribution in [0.5, 0.6) is 5.75 Å². The molecule has 0 aromatic heterocycles. The molecule has 2 aliphatic rings. The molecule has 1 aliphatic heterocycles. The molecule has 3 rings (SSSR count). The van der Waals surface area contributed by atoms with Gasteiger partial charge in [-0.25, -0.2) is 4.79 Å². The van der Waals surface area contributed by atoms with E-state index >= 15 is 0 Å². The lowest BCUT2D eigenvalue weighted by Crippen LogP contribution is -2.48. The van der Waals surface area contributed by atoms with Crippen LogP contribution in [0.2, 0.25) is 0 Å². The standard InChI is InChI=1S/C19H22F2N2O5/c20-17(21)28-14-6-4-13(5-7-14)12-27-15(24)8-11-23-16(25)19(22-18(23)26)9-2-1-3-10-19/h4-7,17H,1-3,8-12H2,(H,22,26). The van der Waals surface area contributed by atoms with Gasteiger partial charge in [0.1, 0.15) is 17.9 Å². The summed E-state index contributed by atoms with van der Waals surface area (Å²) in [4.78, 5) is 37.8. The fraction of sp³-hybridized carbons (Fsp3) is 0.526.